The van der Waals surface area contributed by atoms with Crippen molar-refractivity contribution in [3.05, 3.63) is 49.7 Å². The monoisotopic (exact) mass is 235 g/mol. The molecule has 0 spiro atoms. The summed E-state index contributed by atoms with van der Waals surface area (Å²) in [7, 11) is 0. The van der Waals surface area contributed by atoms with Gasteiger partial charge in [-0.25, -0.2) is 5.41 Å². The molecule has 1 aromatic rings. The van der Waals surface area contributed by atoms with Crippen LogP contribution in [0.5, 0.6) is 0 Å². The van der Waals surface area contributed by atoms with Crippen molar-refractivity contribution in [1.29, 1.82) is 0 Å². The van der Waals surface area contributed by atoms with Gasteiger partial charge in [-0.3, -0.25) is 0 Å². The van der Waals surface area contributed by atoms with Crippen LogP contribution < -0.4 is 0 Å². The molecule has 0 aliphatic rings. The van der Waals surface area contributed by atoms with Crippen molar-refractivity contribution in [2.75, 3.05) is 0 Å². The van der Waals surface area contributed by atoms with E-state index in [2.05, 4.69) is 13.8 Å². The van der Waals surface area contributed by atoms with E-state index in [0.29, 0.717) is 0 Å². The Labute approximate surface area is 98.4 Å². The Kier molecular flexibility index (Phi) is 4.88. The molecular formula is C10H10OY-2. The fourth-order valence-corrected chi connectivity index (χ4v) is 0.838. The molecule has 0 N–H and O–H groups in total. The van der Waals surface area contributed by atoms with Gasteiger partial charge in [0.1, 0.15) is 0 Å². The van der Waals surface area contributed by atoms with E-state index in [-0.39, 0.29) is 32.7 Å². The number of carbonyl (C=O) groups is 1. The van der Waals surface area contributed by atoms with E-state index in [0.717, 1.165) is 11.8 Å². The van der Waals surface area contributed by atoms with Crippen molar-refractivity contribution in [3.8, 4) is 0 Å². The molecule has 0 bridgehead atoms. The number of aldehydes is 1. The molecule has 2 heteroatoms. The number of hydrogen-bond acceptors (Lipinski definition) is 1. The Hall–Kier alpha value is -0.00610. The Bertz CT molecular complexity index is 241. The molecule has 0 saturated heterocycles. The van der Waals surface area contributed by atoms with Crippen LogP contribution in [0.2, 0.25) is 0 Å². The molecule has 0 fully saturated rings. The van der Waals surface area contributed by atoms with Crippen LogP contribution in [-0.4, -0.2) is 6.29 Å². The Balaban J connectivity index is 0.00000121. The number of hydrogen-bond donors (Lipinski definition) is 0. The van der Waals surface area contributed by atoms with Gasteiger partial charge in [-0.15, -0.1) is 0 Å². The quantitative estimate of drug-likeness (QED) is 0.564. The summed E-state index contributed by atoms with van der Waals surface area (Å²) in [4.78, 5) is 10.5. The molecule has 0 unspecified atom stereocenters. The zero-order valence-electron chi connectivity index (χ0n) is 6.86. The molecule has 0 amide bonds. The molecule has 1 rings (SSSR count). The summed E-state index contributed by atoms with van der Waals surface area (Å²) in [6.45, 7) is 7.36. The fourth-order valence-electron chi connectivity index (χ4n) is 0.838. The third-order valence-electron chi connectivity index (χ3n) is 1.57. The zero-order valence-corrected chi connectivity index (χ0v) is 9.70. The standard InChI is InChI=1S/C10H10O.Y/c1-10(2,8-11)9-6-4-3-5-7-9;/h3-8H,1-2H2;/q-2;. The average molecular weight is 235 g/mol. The second-order valence-electron chi connectivity index (χ2n) is 2.64. The molecule has 1 aromatic carbocycles. The van der Waals surface area contributed by atoms with Crippen molar-refractivity contribution in [2.45, 2.75) is 5.41 Å². The molecule has 0 aliphatic carbocycles. The smallest absolute Gasteiger partial charge is 0.0712 e. The fraction of sp³-hybridized carbons (Fsp3) is 0.100. The normalized spacial score (nSPS) is 10.2. The second-order valence-corrected chi connectivity index (χ2v) is 2.64. The van der Waals surface area contributed by atoms with Crippen LogP contribution in [0.15, 0.2) is 30.3 Å². The van der Waals surface area contributed by atoms with E-state index in [4.69, 9.17) is 0 Å². The van der Waals surface area contributed by atoms with Gasteiger partial charge in [-0.2, -0.15) is 0 Å². The summed E-state index contributed by atoms with van der Waals surface area (Å²) < 4.78 is 0. The maximum atomic E-state index is 10.5. The maximum absolute atomic E-state index is 10.5. The molecule has 0 aliphatic heterocycles. The third-order valence-corrected chi connectivity index (χ3v) is 1.57. The van der Waals surface area contributed by atoms with Gasteiger partial charge in [-0.05, 0) is 0 Å². The molecule has 61 valence electrons. The molecule has 0 aromatic heterocycles. The minimum atomic E-state index is -0.846. The van der Waals surface area contributed by atoms with Crippen molar-refractivity contribution >= 4 is 6.29 Å². The first-order valence-corrected chi connectivity index (χ1v) is 3.39. The minimum Gasteiger partial charge on any atom is -0.356 e. The van der Waals surface area contributed by atoms with E-state index in [1.807, 2.05) is 30.3 Å². The number of benzene rings is 1. The van der Waals surface area contributed by atoms with E-state index in [1.54, 1.807) is 0 Å². The van der Waals surface area contributed by atoms with Gasteiger partial charge in [0.05, 0.1) is 6.29 Å². The second kappa shape index (κ2) is 4.88. The van der Waals surface area contributed by atoms with Crippen molar-refractivity contribution in [2.24, 2.45) is 0 Å². The first-order valence-electron chi connectivity index (χ1n) is 3.39. The number of carbonyl (C=O) groups excluding carboxylic acids is 1. The summed E-state index contributed by atoms with van der Waals surface area (Å²) in [5.41, 5.74) is -0.00338. The van der Waals surface area contributed by atoms with Gasteiger partial charge in [0, 0.05) is 32.7 Å². The van der Waals surface area contributed by atoms with Crippen molar-refractivity contribution < 1.29 is 37.5 Å². The summed E-state index contributed by atoms with van der Waals surface area (Å²) in [5.74, 6) is 0. The Morgan fingerprint density at radius 2 is 1.67 bits per heavy atom. The van der Waals surface area contributed by atoms with Crippen LogP contribution in [0.1, 0.15) is 5.56 Å². The van der Waals surface area contributed by atoms with Crippen LogP contribution in [0.3, 0.4) is 0 Å². The van der Waals surface area contributed by atoms with Crippen LogP contribution in [0.4, 0.5) is 0 Å². The van der Waals surface area contributed by atoms with Crippen LogP contribution in [0.25, 0.3) is 0 Å². The summed E-state index contributed by atoms with van der Waals surface area (Å²) in [6.07, 6.45) is 0.752. The minimum absolute atomic E-state index is 0. The molecule has 0 atom stereocenters. The van der Waals surface area contributed by atoms with E-state index < -0.39 is 5.41 Å². The van der Waals surface area contributed by atoms with Crippen LogP contribution in [-0.2, 0) is 42.9 Å². The van der Waals surface area contributed by atoms with Gasteiger partial charge < -0.3 is 18.6 Å². The summed E-state index contributed by atoms with van der Waals surface area (Å²) in [6, 6.07) is 9.31. The molecule has 1 nitrogen and oxygen atoms in total. The largest absolute Gasteiger partial charge is 0.356 e. The van der Waals surface area contributed by atoms with Crippen LogP contribution >= 0.6 is 0 Å². The first kappa shape index (κ1) is 12.0. The topological polar surface area (TPSA) is 17.1 Å². The predicted octanol–water partition coefficient (Wildman–Crippen LogP) is 1.79. The van der Waals surface area contributed by atoms with Gasteiger partial charge in [0.25, 0.3) is 0 Å². The van der Waals surface area contributed by atoms with E-state index in [1.165, 1.54) is 0 Å². The molecule has 0 heterocycles. The SMILES string of the molecule is [CH2-]C([CH2-])(C=O)c1ccccc1.[Y]. The molecular weight excluding hydrogens is 225 g/mol. The molecule has 0 saturated carbocycles. The maximum Gasteiger partial charge on any atom is 0.0712 e. The number of rotatable bonds is 2. The molecule has 1 radical (unpaired) electrons. The zero-order chi connectivity index (χ0) is 8.32. The third kappa shape index (κ3) is 2.80. The summed E-state index contributed by atoms with van der Waals surface area (Å²) >= 11 is 0. The van der Waals surface area contributed by atoms with E-state index in [9.17, 15) is 4.79 Å². The van der Waals surface area contributed by atoms with Gasteiger partial charge >= 0.3 is 0 Å². The molecule has 12 heavy (non-hydrogen) atoms. The van der Waals surface area contributed by atoms with Crippen LogP contribution in [0, 0.1) is 13.8 Å². The Morgan fingerprint density at radius 1 is 1.17 bits per heavy atom. The Morgan fingerprint density at radius 3 is 2.08 bits per heavy atom. The van der Waals surface area contributed by atoms with Crippen molar-refractivity contribution in [3.63, 3.8) is 0 Å². The van der Waals surface area contributed by atoms with Crippen molar-refractivity contribution in [1.82, 2.24) is 0 Å². The van der Waals surface area contributed by atoms with E-state index >= 15 is 0 Å². The predicted molar refractivity (Wildman–Crippen MR) is 44.9 cm³/mol. The first-order chi connectivity index (χ1) is 5.17. The van der Waals surface area contributed by atoms with Gasteiger partial charge in [0.2, 0.25) is 0 Å². The summed E-state index contributed by atoms with van der Waals surface area (Å²) in [5, 5.41) is 0. The van der Waals surface area contributed by atoms with Gasteiger partial charge in [0.15, 0.2) is 0 Å². The average Bonchev–Trinajstić information content (AvgIpc) is 2.06. The van der Waals surface area contributed by atoms with Gasteiger partial charge in [-0.1, -0.05) is 35.9 Å².